The molecule has 2 heterocycles. The van der Waals surface area contributed by atoms with E-state index in [1.165, 1.54) is 11.1 Å². The van der Waals surface area contributed by atoms with Crippen molar-refractivity contribution in [2.75, 3.05) is 4.90 Å². The van der Waals surface area contributed by atoms with Gasteiger partial charge in [-0.3, -0.25) is 4.90 Å². The van der Waals surface area contributed by atoms with E-state index in [1.54, 1.807) is 60.7 Å². The molecule has 0 radical (unpaired) electrons. The molecule has 4 rings (SSSR count). The number of hydrogen-bond acceptors (Lipinski definition) is 4. The van der Waals surface area contributed by atoms with Gasteiger partial charge < -0.3 is 0 Å². The zero-order chi connectivity index (χ0) is 20.6. The number of aromatic nitrogens is 1. The normalized spacial score (nSPS) is 15.1. The van der Waals surface area contributed by atoms with E-state index in [0.29, 0.717) is 21.7 Å². The molecule has 9 heteroatoms. The van der Waals surface area contributed by atoms with Gasteiger partial charge in [-0.05, 0) is 47.5 Å². The van der Waals surface area contributed by atoms with Gasteiger partial charge in [0.05, 0.1) is 24.7 Å². The number of nitrogens with zero attached hydrogens (tertiary/aromatic N) is 4. The summed E-state index contributed by atoms with van der Waals surface area (Å²) in [5.74, 6) is 0.250. The van der Waals surface area contributed by atoms with Crippen LogP contribution in [-0.4, -0.2) is 22.7 Å². The minimum Gasteiger partial charge on any atom is -0.274 e. The van der Waals surface area contributed by atoms with Gasteiger partial charge in [-0.15, -0.1) is 0 Å². The fourth-order valence-electron chi connectivity index (χ4n) is 3.22. The summed E-state index contributed by atoms with van der Waals surface area (Å²) in [4.78, 5) is 14.6. The molecular formula is C20H15ClN4O3S. The summed E-state index contributed by atoms with van der Waals surface area (Å²) in [5, 5.41) is 9.56. The van der Waals surface area contributed by atoms with Gasteiger partial charge in [0, 0.05) is 11.2 Å². The molecule has 0 fully saturated rings. The molecule has 7 nitrogen and oxygen atoms in total. The van der Waals surface area contributed by atoms with Crippen molar-refractivity contribution in [3.63, 3.8) is 0 Å². The average molecular weight is 427 g/mol. The van der Waals surface area contributed by atoms with E-state index in [0.717, 1.165) is 8.28 Å². The predicted molar refractivity (Wildman–Crippen MR) is 108 cm³/mol. The first-order valence-corrected chi connectivity index (χ1v) is 10.4. The van der Waals surface area contributed by atoms with Crippen molar-refractivity contribution < 1.29 is 13.2 Å². The molecule has 0 spiro atoms. The first-order chi connectivity index (χ1) is 13.9. The Morgan fingerprint density at radius 2 is 1.69 bits per heavy atom. The first-order valence-electron chi connectivity index (χ1n) is 8.66. The molecule has 2 amide bonds. The van der Waals surface area contributed by atoms with Crippen LogP contribution in [0.15, 0.2) is 66.9 Å². The lowest BCUT2D eigenvalue weighted by atomic mass is 10.1. The lowest BCUT2D eigenvalue weighted by molar-refractivity contribution is 0.225. The van der Waals surface area contributed by atoms with E-state index in [9.17, 15) is 13.2 Å². The Balaban J connectivity index is 1.74. The number of benzene rings is 2. The Kier molecular flexibility index (Phi) is 4.78. The van der Waals surface area contributed by atoms with Crippen LogP contribution in [0.3, 0.4) is 0 Å². The van der Waals surface area contributed by atoms with Crippen molar-refractivity contribution in [1.82, 2.24) is 8.28 Å². The molecule has 0 unspecified atom stereocenters. The summed E-state index contributed by atoms with van der Waals surface area (Å²) in [6, 6.07) is 18.1. The third-order valence-electron chi connectivity index (χ3n) is 4.55. The van der Waals surface area contributed by atoms with E-state index in [-0.39, 0.29) is 18.9 Å². The molecule has 0 aliphatic carbocycles. The van der Waals surface area contributed by atoms with Crippen molar-refractivity contribution in [1.29, 1.82) is 5.26 Å². The molecule has 0 N–H and O–H groups in total. The van der Waals surface area contributed by atoms with Gasteiger partial charge >= 0.3 is 16.2 Å². The summed E-state index contributed by atoms with van der Waals surface area (Å²) in [6.07, 6.45) is 1.40. The minimum absolute atomic E-state index is 0.125. The molecule has 0 saturated heterocycles. The fraction of sp³-hybridized carbons (Fsp3) is 0.100. The maximum atomic E-state index is 13.2. The molecule has 2 aromatic carbocycles. The van der Waals surface area contributed by atoms with Crippen LogP contribution in [0.1, 0.15) is 16.7 Å². The number of halogens is 1. The summed E-state index contributed by atoms with van der Waals surface area (Å²) >= 11 is 6.00. The molecular weight excluding hydrogens is 412 g/mol. The van der Waals surface area contributed by atoms with Crippen molar-refractivity contribution in [3.8, 4) is 6.07 Å². The number of nitriles is 1. The number of amides is 2. The second kappa shape index (κ2) is 7.28. The minimum atomic E-state index is -4.07. The van der Waals surface area contributed by atoms with Crippen molar-refractivity contribution in [2.24, 2.45) is 0 Å². The molecule has 3 aromatic rings. The highest BCUT2D eigenvalue weighted by Gasteiger charge is 2.40. The molecule has 1 aliphatic rings. The Hall–Kier alpha value is -3.28. The van der Waals surface area contributed by atoms with Gasteiger partial charge in [0.1, 0.15) is 5.82 Å². The van der Waals surface area contributed by atoms with Crippen LogP contribution >= 0.6 is 11.6 Å². The third-order valence-corrected chi connectivity index (χ3v) is 6.44. The molecule has 1 aromatic heterocycles. The molecule has 146 valence electrons. The largest absolute Gasteiger partial charge is 0.341 e. The number of anilines is 1. The number of carbonyl (C=O) groups is 1. The van der Waals surface area contributed by atoms with Gasteiger partial charge in [-0.25, -0.2) is 8.77 Å². The Morgan fingerprint density at radius 3 is 2.41 bits per heavy atom. The average Bonchev–Trinajstić information content (AvgIpc) is 3.20. The van der Waals surface area contributed by atoms with E-state index < -0.39 is 16.2 Å². The molecule has 0 saturated carbocycles. The van der Waals surface area contributed by atoms with Gasteiger partial charge in [0.15, 0.2) is 0 Å². The van der Waals surface area contributed by atoms with Crippen LogP contribution in [0.4, 0.5) is 10.6 Å². The molecule has 0 bridgehead atoms. The number of hydrogen-bond donors (Lipinski definition) is 0. The van der Waals surface area contributed by atoms with Crippen LogP contribution in [-0.2, 0) is 23.3 Å². The number of carbonyl (C=O) groups excluding carboxylic acids is 1. The van der Waals surface area contributed by atoms with Crippen LogP contribution in [0, 0.1) is 11.3 Å². The van der Waals surface area contributed by atoms with E-state index in [2.05, 4.69) is 6.07 Å². The van der Waals surface area contributed by atoms with Gasteiger partial charge in [0.2, 0.25) is 0 Å². The molecule has 1 aliphatic heterocycles. The van der Waals surface area contributed by atoms with E-state index >= 15 is 0 Å². The summed E-state index contributed by atoms with van der Waals surface area (Å²) in [6.45, 7) is -0.0198. The maximum Gasteiger partial charge on any atom is 0.341 e. The Morgan fingerprint density at radius 1 is 0.966 bits per heavy atom. The van der Waals surface area contributed by atoms with Gasteiger partial charge in [-0.1, -0.05) is 35.9 Å². The van der Waals surface area contributed by atoms with Crippen LogP contribution in [0.5, 0.6) is 0 Å². The van der Waals surface area contributed by atoms with Crippen LogP contribution < -0.4 is 4.90 Å². The van der Waals surface area contributed by atoms with Gasteiger partial charge in [0.25, 0.3) is 0 Å². The van der Waals surface area contributed by atoms with E-state index in [4.69, 9.17) is 16.9 Å². The fourth-order valence-corrected chi connectivity index (χ4v) is 4.87. The van der Waals surface area contributed by atoms with Crippen molar-refractivity contribution in [2.45, 2.75) is 13.1 Å². The third kappa shape index (κ3) is 3.46. The first kappa shape index (κ1) is 19.1. The van der Waals surface area contributed by atoms with Crippen LogP contribution in [0.2, 0.25) is 5.02 Å². The SMILES string of the molecule is N#Cc1cccc(CN2C(=O)N(Cc3cccc(Cl)c3)S(=O)(=O)n3cccc32)c1. The number of rotatable bonds is 4. The standard InChI is InChI=1S/C20H15ClN4O3S/c21-18-7-2-6-17(11-18)14-25-20(26)23(13-16-5-1-4-15(10-16)12-22)19-8-3-9-24(19)29(25,27)28/h1-11H,13-14H2. The summed E-state index contributed by atoms with van der Waals surface area (Å²) in [5.41, 5.74) is 1.77. The van der Waals surface area contributed by atoms with Crippen molar-refractivity contribution >= 4 is 33.7 Å². The van der Waals surface area contributed by atoms with Gasteiger partial charge in [-0.2, -0.15) is 18.0 Å². The molecule has 0 atom stereocenters. The monoisotopic (exact) mass is 426 g/mol. The highest BCUT2D eigenvalue weighted by molar-refractivity contribution is 7.88. The number of urea groups is 1. The second-order valence-electron chi connectivity index (χ2n) is 6.49. The smallest absolute Gasteiger partial charge is 0.274 e. The highest BCUT2D eigenvalue weighted by Crippen LogP contribution is 2.30. The lowest BCUT2D eigenvalue weighted by Crippen LogP contribution is -2.52. The van der Waals surface area contributed by atoms with E-state index in [1.807, 2.05) is 0 Å². The molecule has 29 heavy (non-hydrogen) atoms. The summed E-state index contributed by atoms with van der Waals surface area (Å²) in [7, 11) is -4.07. The Labute approximate surface area is 173 Å². The quantitative estimate of drug-likeness (QED) is 0.635. The lowest BCUT2D eigenvalue weighted by Gasteiger charge is -2.36. The Bertz CT molecular complexity index is 1250. The second-order valence-corrected chi connectivity index (χ2v) is 8.65. The zero-order valence-corrected chi connectivity index (χ0v) is 16.6. The number of fused-ring (bicyclic) bond motifs is 1. The zero-order valence-electron chi connectivity index (χ0n) is 15.1. The van der Waals surface area contributed by atoms with Crippen molar-refractivity contribution in [3.05, 3.63) is 88.6 Å². The topological polar surface area (TPSA) is 86.4 Å². The van der Waals surface area contributed by atoms with Crippen LogP contribution in [0.25, 0.3) is 0 Å². The maximum absolute atomic E-state index is 13.2. The summed E-state index contributed by atoms with van der Waals surface area (Å²) < 4.78 is 28.0. The predicted octanol–water partition coefficient (Wildman–Crippen LogP) is 3.75. The highest BCUT2D eigenvalue weighted by atomic mass is 35.5.